The van der Waals surface area contributed by atoms with Crippen molar-refractivity contribution in [3.63, 3.8) is 0 Å². The van der Waals surface area contributed by atoms with Gasteiger partial charge in [0.2, 0.25) is 0 Å². The molecule has 3 N–H and O–H groups in total. The van der Waals surface area contributed by atoms with Gasteiger partial charge in [0.25, 0.3) is 0 Å². The van der Waals surface area contributed by atoms with Gasteiger partial charge in [-0.15, -0.1) is 0 Å². The number of carboxylic acid groups (broad SMARTS) is 1. The minimum Gasteiger partial charge on any atom is -0.480 e. The van der Waals surface area contributed by atoms with Crippen LogP contribution in [0.2, 0.25) is 0 Å². The highest BCUT2D eigenvalue weighted by molar-refractivity contribution is 5.72. The first-order valence-corrected chi connectivity index (χ1v) is 4.07. The monoisotopic (exact) mass is 183 g/mol. The first-order valence-electron chi connectivity index (χ1n) is 4.07. The van der Waals surface area contributed by atoms with Crippen molar-refractivity contribution in [3.8, 4) is 0 Å². The van der Waals surface area contributed by atoms with E-state index in [1.54, 1.807) is 10.9 Å². The van der Waals surface area contributed by atoms with Gasteiger partial charge >= 0.3 is 5.97 Å². The van der Waals surface area contributed by atoms with Crippen LogP contribution in [-0.4, -0.2) is 26.9 Å². The molecule has 0 amide bonds. The van der Waals surface area contributed by atoms with Crippen LogP contribution in [0.3, 0.4) is 0 Å². The first kappa shape index (κ1) is 9.73. The molecule has 1 heterocycles. The predicted octanol–water partition coefficient (Wildman–Crippen LogP) is -0.00648. The van der Waals surface area contributed by atoms with E-state index >= 15 is 0 Å². The fourth-order valence-corrected chi connectivity index (χ4v) is 0.984. The molecule has 0 aliphatic carbocycles. The number of aliphatic carboxylic acids is 1. The topological polar surface area (TPSA) is 81.1 Å². The molecule has 1 atom stereocenters. The molecule has 1 rings (SSSR count). The van der Waals surface area contributed by atoms with Crippen molar-refractivity contribution in [1.82, 2.24) is 9.78 Å². The van der Waals surface area contributed by atoms with Gasteiger partial charge in [-0.3, -0.25) is 9.48 Å². The van der Waals surface area contributed by atoms with Crippen molar-refractivity contribution in [3.05, 3.63) is 18.0 Å². The fraction of sp³-hybridized carbons (Fsp3) is 0.500. The summed E-state index contributed by atoms with van der Waals surface area (Å²) in [5.74, 6) is -0.969. The predicted molar refractivity (Wildman–Crippen MR) is 47.2 cm³/mol. The lowest BCUT2D eigenvalue weighted by atomic mass is 10.2. The highest BCUT2D eigenvalue weighted by Crippen LogP contribution is 1.97. The first-order chi connectivity index (χ1) is 6.09. The largest absolute Gasteiger partial charge is 0.480 e. The maximum Gasteiger partial charge on any atom is 0.320 e. The minimum absolute atomic E-state index is 0.399. The lowest BCUT2D eigenvalue weighted by Crippen LogP contribution is -2.31. The lowest BCUT2D eigenvalue weighted by molar-refractivity contribution is -0.138. The molecule has 0 bridgehead atoms. The molecule has 5 heteroatoms. The normalized spacial score (nSPS) is 12.8. The number of rotatable bonds is 4. The molecule has 0 unspecified atom stereocenters. The van der Waals surface area contributed by atoms with E-state index in [0.29, 0.717) is 13.0 Å². The second-order valence-electron chi connectivity index (χ2n) is 3.01. The molecule has 0 saturated carbocycles. The van der Waals surface area contributed by atoms with Crippen molar-refractivity contribution < 1.29 is 9.90 Å². The van der Waals surface area contributed by atoms with Gasteiger partial charge in [0.15, 0.2) is 0 Å². The Hall–Kier alpha value is -1.36. The molecule has 0 spiro atoms. The number of nitrogens with two attached hydrogens (primary N) is 1. The Labute approximate surface area is 76.2 Å². The van der Waals surface area contributed by atoms with E-state index in [4.69, 9.17) is 10.8 Å². The molecule has 5 nitrogen and oxygen atoms in total. The summed E-state index contributed by atoms with van der Waals surface area (Å²) < 4.78 is 1.69. The van der Waals surface area contributed by atoms with Crippen LogP contribution in [0.25, 0.3) is 0 Å². The van der Waals surface area contributed by atoms with Gasteiger partial charge in [-0.2, -0.15) is 5.10 Å². The molecule has 0 saturated heterocycles. The molecule has 13 heavy (non-hydrogen) atoms. The van der Waals surface area contributed by atoms with Crippen LogP contribution in [0.4, 0.5) is 0 Å². The quantitative estimate of drug-likeness (QED) is 0.688. The van der Waals surface area contributed by atoms with E-state index in [9.17, 15) is 4.79 Å². The summed E-state index contributed by atoms with van der Waals surface area (Å²) in [5.41, 5.74) is 6.39. The maximum atomic E-state index is 10.4. The Morgan fingerprint density at radius 3 is 3.00 bits per heavy atom. The summed E-state index contributed by atoms with van der Waals surface area (Å²) in [4.78, 5) is 10.4. The van der Waals surface area contributed by atoms with Crippen LogP contribution in [0.5, 0.6) is 0 Å². The van der Waals surface area contributed by atoms with Gasteiger partial charge in [0, 0.05) is 12.7 Å². The molecule has 0 radical (unpaired) electrons. The molecule has 0 fully saturated rings. The Morgan fingerprint density at radius 1 is 1.85 bits per heavy atom. The zero-order valence-electron chi connectivity index (χ0n) is 7.47. The lowest BCUT2D eigenvalue weighted by Gasteiger charge is -2.05. The zero-order chi connectivity index (χ0) is 9.84. The van der Waals surface area contributed by atoms with E-state index in [-0.39, 0.29) is 0 Å². The summed E-state index contributed by atoms with van der Waals surface area (Å²) >= 11 is 0. The Balaban J connectivity index is 2.39. The summed E-state index contributed by atoms with van der Waals surface area (Å²) in [6.45, 7) is 2.47. The molecular weight excluding hydrogens is 170 g/mol. The summed E-state index contributed by atoms with van der Waals surface area (Å²) in [6, 6.07) is -0.801. The fourth-order valence-electron chi connectivity index (χ4n) is 0.984. The van der Waals surface area contributed by atoms with E-state index in [1.165, 1.54) is 0 Å². The van der Waals surface area contributed by atoms with E-state index in [2.05, 4.69) is 5.10 Å². The third kappa shape index (κ3) is 2.87. The second kappa shape index (κ2) is 4.04. The minimum atomic E-state index is -0.969. The van der Waals surface area contributed by atoms with Crippen LogP contribution in [-0.2, 0) is 11.3 Å². The number of aromatic nitrogens is 2. The van der Waals surface area contributed by atoms with Crippen molar-refractivity contribution in [1.29, 1.82) is 0 Å². The van der Waals surface area contributed by atoms with Crippen LogP contribution >= 0.6 is 0 Å². The van der Waals surface area contributed by atoms with Crippen molar-refractivity contribution in [2.75, 3.05) is 0 Å². The molecule has 0 aromatic carbocycles. The third-order valence-electron chi connectivity index (χ3n) is 1.75. The highest BCUT2D eigenvalue weighted by Gasteiger charge is 2.10. The summed E-state index contributed by atoms with van der Waals surface area (Å²) in [5, 5.41) is 12.5. The van der Waals surface area contributed by atoms with Crippen LogP contribution in [0.1, 0.15) is 12.0 Å². The van der Waals surface area contributed by atoms with Gasteiger partial charge in [-0.1, -0.05) is 0 Å². The van der Waals surface area contributed by atoms with E-state index in [1.807, 2.05) is 13.1 Å². The molecular formula is C8H13N3O2. The molecule has 1 aromatic rings. The average Bonchev–Trinajstić information content (AvgIpc) is 2.47. The van der Waals surface area contributed by atoms with Gasteiger partial charge in [0.05, 0.1) is 6.20 Å². The van der Waals surface area contributed by atoms with Crippen molar-refractivity contribution in [2.45, 2.75) is 25.9 Å². The average molecular weight is 183 g/mol. The highest BCUT2D eigenvalue weighted by atomic mass is 16.4. The van der Waals surface area contributed by atoms with Crippen LogP contribution in [0, 0.1) is 6.92 Å². The number of hydrogen-bond acceptors (Lipinski definition) is 3. The Bertz CT molecular complexity index is 295. The second-order valence-corrected chi connectivity index (χ2v) is 3.01. The van der Waals surface area contributed by atoms with Gasteiger partial charge in [-0.05, 0) is 18.9 Å². The number of hydrogen-bond donors (Lipinski definition) is 2. The molecule has 0 aliphatic heterocycles. The number of nitrogens with zero attached hydrogens (tertiary/aromatic N) is 2. The van der Waals surface area contributed by atoms with Crippen LogP contribution < -0.4 is 5.73 Å². The zero-order valence-corrected chi connectivity index (χ0v) is 7.47. The maximum absolute atomic E-state index is 10.4. The Morgan fingerprint density at radius 2 is 2.54 bits per heavy atom. The standard InChI is InChI=1S/C8H13N3O2/c1-6-4-10-11(5-6)3-2-7(9)8(12)13/h4-5,7H,2-3,9H2,1H3,(H,12,13)/t7-/m1/s1. The summed E-state index contributed by atoms with van der Waals surface area (Å²) in [7, 11) is 0. The SMILES string of the molecule is Cc1cnn(CC[C@@H](N)C(=O)O)c1. The van der Waals surface area contributed by atoms with E-state index < -0.39 is 12.0 Å². The smallest absolute Gasteiger partial charge is 0.320 e. The molecule has 1 aromatic heterocycles. The molecule has 0 aliphatic rings. The van der Waals surface area contributed by atoms with Gasteiger partial charge in [-0.25, -0.2) is 0 Å². The summed E-state index contributed by atoms with van der Waals surface area (Å²) in [6.07, 6.45) is 3.98. The van der Waals surface area contributed by atoms with Gasteiger partial charge < -0.3 is 10.8 Å². The Kier molecular flexibility index (Phi) is 3.02. The van der Waals surface area contributed by atoms with Crippen LogP contribution in [0.15, 0.2) is 12.4 Å². The third-order valence-corrected chi connectivity index (χ3v) is 1.75. The van der Waals surface area contributed by atoms with Gasteiger partial charge in [0.1, 0.15) is 6.04 Å². The van der Waals surface area contributed by atoms with Crippen molar-refractivity contribution in [2.24, 2.45) is 5.73 Å². The molecule has 72 valence electrons. The number of carbonyl (C=O) groups is 1. The van der Waals surface area contributed by atoms with E-state index in [0.717, 1.165) is 5.56 Å². The van der Waals surface area contributed by atoms with Crippen molar-refractivity contribution >= 4 is 5.97 Å². The number of carboxylic acids is 1. The number of aryl methyl sites for hydroxylation is 2.